The maximum absolute atomic E-state index is 13.0. The quantitative estimate of drug-likeness (QED) is 0.765. The molecule has 0 aliphatic carbocycles. The van der Waals surface area contributed by atoms with Crippen LogP contribution in [0.4, 0.5) is 0 Å². The lowest BCUT2D eigenvalue weighted by Crippen LogP contribution is -2.43. The van der Waals surface area contributed by atoms with Gasteiger partial charge in [-0.1, -0.05) is 13.0 Å². The van der Waals surface area contributed by atoms with Gasteiger partial charge in [-0.3, -0.25) is 9.48 Å². The molecule has 1 aliphatic rings. The van der Waals surface area contributed by atoms with E-state index >= 15 is 0 Å². The van der Waals surface area contributed by atoms with Crippen molar-refractivity contribution < 1.29 is 9.15 Å². The summed E-state index contributed by atoms with van der Waals surface area (Å²) >= 11 is 0. The van der Waals surface area contributed by atoms with E-state index in [1.807, 2.05) is 36.9 Å². The zero-order chi connectivity index (χ0) is 19.3. The van der Waals surface area contributed by atoms with E-state index in [0.29, 0.717) is 22.3 Å². The molecule has 4 rings (SSSR count). The number of aryl methyl sites for hydroxylation is 1. The van der Waals surface area contributed by atoms with Gasteiger partial charge in [0.2, 0.25) is 0 Å². The van der Waals surface area contributed by atoms with Crippen LogP contribution in [-0.4, -0.2) is 23.0 Å². The average Bonchev–Trinajstić information content (AvgIpc) is 3.04. The van der Waals surface area contributed by atoms with Gasteiger partial charge in [0, 0.05) is 28.8 Å². The van der Waals surface area contributed by atoms with Crippen molar-refractivity contribution in [3.8, 4) is 11.3 Å². The Morgan fingerprint density at radius 2 is 2.07 bits per heavy atom. The number of ether oxygens (including phenoxy) is 1. The molecule has 0 saturated carbocycles. The summed E-state index contributed by atoms with van der Waals surface area (Å²) in [4.78, 5) is 13.0. The molecule has 1 atom stereocenters. The van der Waals surface area contributed by atoms with Crippen LogP contribution in [0.5, 0.6) is 0 Å². The summed E-state index contributed by atoms with van der Waals surface area (Å²) in [5.41, 5.74) is 10.0. The highest BCUT2D eigenvalue weighted by Gasteiger charge is 2.34. The van der Waals surface area contributed by atoms with Crippen molar-refractivity contribution in [2.75, 3.05) is 13.2 Å². The fourth-order valence-corrected chi connectivity index (χ4v) is 3.68. The summed E-state index contributed by atoms with van der Waals surface area (Å²) in [5.74, 6) is 0.555. The van der Waals surface area contributed by atoms with Gasteiger partial charge in [0.25, 0.3) is 0 Å². The summed E-state index contributed by atoms with van der Waals surface area (Å²) in [7, 11) is 0. The Labute approximate surface area is 157 Å². The third-order valence-corrected chi connectivity index (χ3v) is 5.22. The molecule has 6 heteroatoms. The first-order valence-electron chi connectivity index (χ1n) is 9.21. The minimum Gasteiger partial charge on any atom is -0.455 e. The molecule has 0 bridgehead atoms. The van der Waals surface area contributed by atoms with E-state index in [1.54, 1.807) is 13.1 Å². The number of hydrogen-bond acceptors (Lipinski definition) is 5. The molecule has 2 aromatic heterocycles. The van der Waals surface area contributed by atoms with Gasteiger partial charge in [-0.15, -0.1) is 0 Å². The molecule has 6 nitrogen and oxygen atoms in total. The average molecular weight is 367 g/mol. The normalized spacial score (nSPS) is 17.1. The molecule has 1 aliphatic heterocycles. The van der Waals surface area contributed by atoms with E-state index in [1.165, 1.54) is 0 Å². The molecular weight excluding hydrogens is 342 g/mol. The number of fused-ring (bicyclic) bond motifs is 1. The summed E-state index contributed by atoms with van der Waals surface area (Å²) in [5, 5.41) is 5.04. The number of hydrogen-bond donors (Lipinski definition) is 1. The molecule has 2 N–H and O–H groups in total. The highest BCUT2D eigenvalue weighted by Crippen LogP contribution is 2.32. The second kappa shape index (κ2) is 6.32. The summed E-state index contributed by atoms with van der Waals surface area (Å²) in [6.07, 6.45) is 3.68. The van der Waals surface area contributed by atoms with E-state index in [-0.39, 0.29) is 16.9 Å². The van der Waals surface area contributed by atoms with Crippen LogP contribution in [0.3, 0.4) is 0 Å². The monoisotopic (exact) mass is 367 g/mol. The zero-order valence-corrected chi connectivity index (χ0v) is 16.2. The van der Waals surface area contributed by atoms with Gasteiger partial charge in [0.1, 0.15) is 11.3 Å². The van der Waals surface area contributed by atoms with Gasteiger partial charge in [-0.05, 0) is 32.4 Å². The molecular formula is C21H25N3O3. The molecule has 27 heavy (non-hydrogen) atoms. The summed E-state index contributed by atoms with van der Waals surface area (Å²) < 4.78 is 13.4. The van der Waals surface area contributed by atoms with Crippen LogP contribution in [0.1, 0.15) is 36.6 Å². The van der Waals surface area contributed by atoms with Crippen LogP contribution in [0.25, 0.3) is 22.3 Å². The first-order chi connectivity index (χ1) is 12.8. The van der Waals surface area contributed by atoms with Gasteiger partial charge in [-0.2, -0.15) is 5.10 Å². The fourth-order valence-electron chi connectivity index (χ4n) is 3.68. The Kier molecular flexibility index (Phi) is 4.20. The maximum Gasteiger partial charge on any atom is 0.196 e. The minimum absolute atomic E-state index is 0.0241. The molecule has 0 spiro atoms. The minimum atomic E-state index is -0.229. The van der Waals surface area contributed by atoms with Crippen molar-refractivity contribution in [3.63, 3.8) is 0 Å². The Balaban J connectivity index is 1.84. The second-order valence-corrected chi connectivity index (χ2v) is 8.13. The highest BCUT2D eigenvalue weighted by molar-refractivity contribution is 5.84. The standard InChI is InChI=1S/C21H25N3O3/c1-12-5-16(14(3)22)20-17(6-12)18(25)13(2)19(27-20)15-7-23-24(8-15)9-21(4)10-26-11-21/h5-8,14H,9-11,22H2,1-4H3/t14-/m1/s1. The smallest absolute Gasteiger partial charge is 0.196 e. The third kappa shape index (κ3) is 3.09. The summed E-state index contributed by atoms with van der Waals surface area (Å²) in [6.45, 7) is 10.1. The van der Waals surface area contributed by atoms with Crippen molar-refractivity contribution in [3.05, 3.63) is 51.4 Å². The first kappa shape index (κ1) is 17.9. The van der Waals surface area contributed by atoms with Gasteiger partial charge in [-0.25, -0.2) is 0 Å². The van der Waals surface area contributed by atoms with E-state index in [2.05, 4.69) is 12.0 Å². The van der Waals surface area contributed by atoms with Gasteiger partial charge >= 0.3 is 0 Å². The topological polar surface area (TPSA) is 83.3 Å². The summed E-state index contributed by atoms with van der Waals surface area (Å²) in [6, 6.07) is 3.62. The highest BCUT2D eigenvalue weighted by atomic mass is 16.5. The van der Waals surface area contributed by atoms with Crippen molar-refractivity contribution in [2.45, 2.75) is 40.3 Å². The number of nitrogens with two attached hydrogens (primary N) is 1. The SMILES string of the molecule is Cc1cc([C@@H](C)N)c2oc(-c3cnn(CC4(C)COC4)c3)c(C)c(=O)c2c1. The van der Waals surface area contributed by atoms with E-state index in [0.717, 1.165) is 36.4 Å². The van der Waals surface area contributed by atoms with Crippen LogP contribution < -0.4 is 11.2 Å². The fraction of sp³-hybridized carbons (Fsp3) is 0.429. The van der Waals surface area contributed by atoms with E-state index in [9.17, 15) is 4.79 Å². The Hall–Kier alpha value is -2.44. The van der Waals surface area contributed by atoms with Crippen LogP contribution in [-0.2, 0) is 11.3 Å². The molecule has 0 radical (unpaired) electrons. The second-order valence-electron chi connectivity index (χ2n) is 8.13. The largest absolute Gasteiger partial charge is 0.455 e. The molecule has 1 fully saturated rings. The first-order valence-corrected chi connectivity index (χ1v) is 9.21. The van der Waals surface area contributed by atoms with Gasteiger partial charge in [0.15, 0.2) is 5.43 Å². The van der Waals surface area contributed by atoms with E-state index in [4.69, 9.17) is 14.9 Å². The Morgan fingerprint density at radius 3 is 2.70 bits per heavy atom. The van der Waals surface area contributed by atoms with Crippen molar-refractivity contribution in [1.29, 1.82) is 0 Å². The molecule has 142 valence electrons. The van der Waals surface area contributed by atoms with Crippen LogP contribution in [0.2, 0.25) is 0 Å². The lowest BCUT2D eigenvalue weighted by molar-refractivity contribution is -0.111. The lowest BCUT2D eigenvalue weighted by Gasteiger charge is -2.37. The predicted molar refractivity (Wildman–Crippen MR) is 105 cm³/mol. The molecule has 1 aromatic carbocycles. The number of rotatable bonds is 4. The number of nitrogens with zero attached hydrogens (tertiary/aromatic N) is 2. The van der Waals surface area contributed by atoms with Crippen molar-refractivity contribution in [1.82, 2.24) is 9.78 Å². The molecule has 0 amide bonds. The van der Waals surface area contributed by atoms with Crippen LogP contribution >= 0.6 is 0 Å². The molecule has 0 unspecified atom stereocenters. The number of aromatic nitrogens is 2. The zero-order valence-electron chi connectivity index (χ0n) is 16.2. The third-order valence-electron chi connectivity index (χ3n) is 5.22. The van der Waals surface area contributed by atoms with Gasteiger partial charge < -0.3 is 14.9 Å². The van der Waals surface area contributed by atoms with Crippen molar-refractivity contribution in [2.24, 2.45) is 11.1 Å². The van der Waals surface area contributed by atoms with Crippen molar-refractivity contribution >= 4 is 11.0 Å². The van der Waals surface area contributed by atoms with Crippen LogP contribution in [0.15, 0.2) is 33.7 Å². The van der Waals surface area contributed by atoms with E-state index < -0.39 is 0 Å². The number of benzene rings is 1. The maximum atomic E-state index is 13.0. The molecule has 1 saturated heterocycles. The van der Waals surface area contributed by atoms with Crippen LogP contribution in [0, 0.1) is 19.3 Å². The predicted octanol–water partition coefficient (Wildman–Crippen LogP) is 3.33. The molecule has 3 aromatic rings. The Morgan fingerprint density at radius 1 is 1.33 bits per heavy atom. The molecule has 3 heterocycles. The lowest BCUT2D eigenvalue weighted by atomic mass is 9.89. The Bertz CT molecular complexity index is 1070. The van der Waals surface area contributed by atoms with Gasteiger partial charge in [0.05, 0.1) is 36.9 Å².